The van der Waals surface area contributed by atoms with Crippen LogP contribution in [-0.2, 0) is 23.7 Å². The van der Waals surface area contributed by atoms with Gasteiger partial charge in [-0.1, -0.05) is 237 Å². The van der Waals surface area contributed by atoms with Gasteiger partial charge >= 0.3 is 0 Å². The molecule has 2 aliphatic heterocycles. The number of ether oxygens (including phenoxy) is 4. The lowest BCUT2D eigenvalue weighted by atomic mass is 9.97. The van der Waals surface area contributed by atoms with Crippen LogP contribution in [0.3, 0.4) is 0 Å². The topological polar surface area (TPSA) is 228 Å². The van der Waals surface area contributed by atoms with Gasteiger partial charge in [0.25, 0.3) is 0 Å². The Morgan fingerprint density at radius 3 is 1.29 bits per heavy atom. The summed E-state index contributed by atoms with van der Waals surface area (Å²) in [6.45, 7) is 2.77. The van der Waals surface area contributed by atoms with E-state index in [-0.39, 0.29) is 18.9 Å². The van der Waals surface area contributed by atoms with Gasteiger partial charge in [0, 0.05) is 6.42 Å². The average Bonchev–Trinajstić information content (AvgIpc) is 3.44. The van der Waals surface area contributed by atoms with E-state index in [0.29, 0.717) is 12.8 Å². The predicted molar refractivity (Wildman–Crippen MR) is 309 cm³/mol. The fraction of sp³-hybridized carbons (Fsp3) is 0.889. The Hall–Kier alpha value is -1.79. The van der Waals surface area contributed by atoms with Gasteiger partial charge in [-0.05, 0) is 57.8 Å². The Kier molecular flexibility index (Phi) is 45.3. The molecule has 0 radical (unpaired) electrons. The van der Waals surface area contributed by atoms with E-state index in [1.165, 1.54) is 180 Å². The fourth-order valence-electron chi connectivity index (χ4n) is 10.4. The monoisotopic (exact) mass is 1100 g/mol. The number of amides is 1. The van der Waals surface area contributed by atoms with Crippen molar-refractivity contribution in [1.82, 2.24) is 5.32 Å². The van der Waals surface area contributed by atoms with E-state index in [1.807, 2.05) is 6.08 Å². The van der Waals surface area contributed by atoms with E-state index in [9.17, 15) is 45.6 Å². The number of nitrogens with one attached hydrogen (secondary N) is 1. The summed E-state index contributed by atoms with van der Waals surface area (Å²) in [6.07, 6.45) is 43.6. The lowest BCUT2D eigenvalue weighted by Gasteiger charge is -2.46. The maximum atomic E-state index is 13.2. The highest BCUT2D eigenvalue weighted by atomic mass is 16.7. The maximum Gasteiger partial charge on any atom is 0.220 e. The van der Waals surface area contributed by atoms with Crippen LogP contribution in [0.2, 0.25) is 0 Å². The third-order valence-electron chi connectivity index (χ3n) is 15.5. The van der Waals surface area contributed by atoms with Gasteiger partial charge in [-0.3, -0.25) is 4.79 Å². The second-order valence-corrected chi connectivity index (χ2v) is 22.5. The van der Waals surface area contributed by atoms with E-state index < -0.39 is 86.8 Å². The quantitative estimate of drug-likeness (QED) is 0.0204. The number of carbonyl (C=O) groups excluding carboxylic acids is 1. The van der Waals surface area contributed by atoms with Gasteiger partial charge < -0.3 is 65.1 Å². The molecule has 2 fully saturated rings. The van der Waals surface area contributed by atoms with Crippen molar-refractivity contribution in [2.45, 2.75) is 338 Å². The molecule has 0 spiro atoms. The molecular formula is C63H117NO13. The zero-order chi connectivity index (χ0) is 56.0. The average molecular weight is 1100 g/mol. The fourth-order valence-corrected chi connectivity index (χ4v) is 10.4. The molecule has 77 heavy (non-hydrogen) atoms. The molecule has 12 atom stereocenters. The molecule has 1 amide bonds. The van der Waals surface area contributed by atoms with E-state index in [0.717, 1.165) is 51.4 Å². The molecule has 14 nitrogen and oxygen atoms in total. The van der Waals surface area contributed by atoms with Gasteiger partial charge in [0.05, 0.1) is 32.0 Å². The van der Waals surface area contributed by atoms with Gasteiger partial charge in [-0.2, -0.15) is 0 Å². The molecule has 2 heterocycles. The number of rotatable bonds is 51. The molecule has 2 aliphatic rings. The van der Waals surface area contributed by atoms with Crippen LogP contribution in [-0.4, -0.2) is 140 Å². The summed E-state index contributed by atoms with van der Waals surface area (Å²) in [5, 5.41) is 87.0. The number of hydrogen-bond donors (Lipinski definition) is 9. The molecule has 0 saturated carbocycles. The second kappa shape index (κ2) is 48.9. The summed E-state index contributed by atoms with van der Waals surface area (Å²) in [4.78, 5) is 13.2. The molecule has 0 aromatic rings. The standard InChI is InChI=1S/C63H117NO13/c1-3-5-7-9-11-13-15-17-18-19-20-21-22-23-24-25-26-27-28-29-30-31-32-33-35-36-38-40-42-44-46-52(67)51(64-55(68)47-45-43-41-39-37-34-16-14-12-10-8-6-4-2)50-74-62-60(73)58(71)61(54(49-66)76-62)77-63-59(72)57(70)56(69)53(48-65)75-63/h14,16,36,38,44,46,51-54,56-63,65-67,69-73H,3-13,15,17-35,37,39-43,45,47-50H2,1-2H3,(H,64,68)/b16-14-,38-36+,46-44+. The highest BCUT2D eigenvalue weighted by Gasteiger charge is 2.51. The lowest BCUT2D eigenvalue weighted by molar-refractivity contribution is -0.359. The molecule has 9 N–H and O–H groups in total. The van der Waals surface area contributed by atoms with Crippen LogP contribution < -0.4 is 5.32 Å². The number of aliphatic hydroxyl groups is 8. The zero-order valence-electron chi connectivity index (χ0n) is 48.7. The van der Waals surface area contributed by atoms with Crippen LogP contribution in [0.25, 0.3) is 0 Å². The maximum absolute atomic E-state index is 13.2. The minimum atomic E-state index is -1.79. The first-order valence-electron chi connectivity index (χ1n) is 31.7. The van der Waals surface area contributed by atoms with Gasteiger partial charge in [0.2, 0.25) is 5.91 Å². The first-order chi connectivity index (χ1) is 37.6. The molecule has 2 saturated heterocycles. The van der Waals surface area contributed by atoms with Crippen molar-refractivity contribution in [2.24, 2.45) is 0 Å². The van der Waals surface area contributed by atoms with E-state index in [2.05, 4.69) is 43.5 Å². The van der Waals surface area contributed by atoms with Crippen LogP contribution in [0.15, 0.2) is 36.5 Å². The SMILES string of the molecule is CCCCCC/C=C\CCCCCCCC(=O)NC(COC1OC(CO)C(OC2OC(CO)C(O)C(O)C2O)C(O)C1O)C(O)/C=C/CC/C=C/CCCCCCCCCCCCCCCCCCCCCCCCCC. The van der Waals surface area contributed by atoms with E-state index in [1.54, 1.807) is 6.08 Å². The van der Waals surface area contributed by atoms with Crippen molar-refractivity contribution in [1.29, 1.82) is 0 Å². The summed E-state index contributed by atoms with van der Waals surface area (Å²) in [5.74, 6) is -0.257. The molecule has 0 aliphatic carbocycles. The molecule has 452 valence electrons. The first kappa shape index (κ1) is 71.3. The summed E-state index contributed by atoms with van der Waals surface area (Å²) in [7, 11) is 0. The van der Waals surface area contributed by atoms with Crippen LogP contribution in [0, 0.1) is 0 Å². The highest BCUT2D eigenvalue weighted by molar-refractivity contribution is 5.76. The van der Waals surface area contributed by atoms with Crippen LogP contribution in [0.5, 0.6) is 0 Å². The van der Waals surface area contributed by atoms with Crippen LogP contribution in [0.4, 0.5) is 0 Å². The normalized spacial score (nSPS) is 24.9. The van der Waals surface area contributed by atoms with Crippen molar-refractivity contribution in [3.05, 3.63) is 36.5 Å². The van der Waals surface area contributed by atoms with Gasteiger partial charge in [0.1, 0.15) is 48.8 Å². The Balaban J connectivity index is 1.69. The summed E-state index contributed by atoms with van der Waals surface area (Å²) < 4.78 is 22.7. The molecule has 0 bridgehead atoms. The zero-order valence-corrected chi connectivity index (χ0v) is 48.7. The minimum absolute atomic E-state index is 0.257. The van der Waals surface area contributed by atoms with Crippen molar-refractivity contribution >= 4 is 5.91 Å². The smallest absolute Gasteiger partial charge is 0.220 e. The Bertz CT molecular complexity index is 1430. The molecular weight excluding hydrogens is 979 g/mol. The summed E-state index contributed by atoms with van der Waals surface area (Å²) in [5.41, 5.74) is 0. The number of unbranched alkanes of at least 4 members (excludes halogenated alkanes) is 34. The van der Waals surface area contributed by atoms with E-state index in [4.69, 9.17) is 18.9 Å². The van der Waals surface area contributed by atoms with Crippen molar-refractivity contribution in [3.63, 3.8) is 0 Å². The highest BCUT2D eigenvalue weighted by Crippen LogP contribution is 2.30. The van der Waals surface area contributed by atoms with Gasteiger partial charge in [-0.25, -0.2) is 0 Å². The van der Waals surface area contributed by atoms with Gasteiger partial charge in [0.15, 0.2) is 12.6 Å². The van der Waals surface area contributed by atoms with Crippen molar-refractivity contribution < 1.29 is 64.6 Å². The largest absolute Gasteiger partial charge is 0.394 e. The number of hydrogen-bond acceptors (Lipinski definition) is 13. The third kappa shape index (κ3) is 34.3. The van der Waals surface area contributed by atoms with Crippen LogP contribution >= 0.6 is 0 Å². The molecule has 12 unspecified atom stereocenters. The Morgan fingerprint density at radius 1 is 0.455 bits per heavy atom. The van der Waals surface area contributed by atoms with E-state index >= 15 is 0 Å². The number of carbonyl (C=O) groups is 1. The Labute approximate surface area is 468 Å². The lowest BCUT2D eigenvalue weighted by Crippen LogP contribution is -2.65. The van der Waals surface area contributed by atoms with Crippen LogP contribution in [0.1, 0.15) is 264 Å². The van der Waals surface area contributed by atoms with Crippen molar-refractivity contribution in [2.75, 3.05) is 19.8 Å². The number of aliphatic hydroxyl groups excluding tert-OH is 8. The minimum Gasteiger partial charge on any atom is -0.394 e. The van der Waals surface area contributed by atoms with Gasteiger partial charge in [-0.15, -0.1) is 0 Å². The molecule has 14 heteroatoms. The third-order valence-corrected chi connectivity index (χ3v) is 15.5. The molecule has 0 aromatic heterocycles. The second-order valence-electron chi connectivity index (χ2n) is 22.5. The number of allylic oxidation sites excluding steroid dienone is 5. The summed E-state index contributed by atoms with van der Waals surface area (Å²) in [6, 6.07) is -0.935. The first-order valence-corrected chi connectivity index (χ1v) is 31.7. The van der Waals surface area contributed by atoms with Crippen molar-refractivity contribution in [3.8, 4) is 0 Å². The molecule has 2 rings (SSSR count). The molecule has 0 aromatic carbocycles. The predicted octanol–water partition coefficient (Wildman–Crippen LogP) is 11.4. The summed E-state index contributed by atoms with van der Waals surface area (Å²) >= 11 is 0. The Morgan fingerprint density at radius 2 is 0.831 bits per heavy atom.